The lowest BCUT2D eigenvalue weighted by atomic mass is 9.90. The van der Waals surface area contributed by atoms with E-state index >= 15 is 0 Å². The molecule has 2 aromatic carbocycles. The zero-order chi connectivity index (χ0) is 22.9. The van der Waals surface area contributed by atoms with Crippen molar-refractivity contribution in [2.75, 3.05) is 11.9 Å². The van der Waals surface area contributed by atoms with Gasteiger partial charge in [-0.25, -0.2) is 4.79 Å². The molecule has 0 saturated heterocycles. The van der Waals surface area contributed by atoms with Crippen LogP contribution in [0.15, 0.2) is 54.6 Å². The SMILES string of the molecule is Cc1cc(C(=O)OCC(=O)Nc2sc3c(c2C#N)CCc2ccccc2-3)c2ccccc2n1. The molecule has 0 fully saturated rings. The third kappa shape index (κ3) is 3.86. The Bertz CT molecular complexity index is 1470. The zero-order valence-corrected chi connectivity index (χ0v) is 18.7. The van der Waals surface area contributed by atoms with Crippen LogP contribution in [0.4, 0.5) is 5.00 Å². The van der Waals surface area contributed by atoms with Crippen LogP contribution in [0, 0.1) is 18.3 Å². The van der Waals surface area contributed by atoms with Crippen LogP contribution >= 0.6 is 11.3 Å². The lowest BCUT2D eigenvalue weighted by Gasteiger charge is -2.15. The standard InChI is InChI=1S/C26H19N3O3S/c1-15-12-20(18-8-4-5-9-22(18)28-15)26(31)32-14-23(30)29-25-21(13-27)19-11-10-16-6-2-3-7-17(16)24(19)33-25/h2-9,12H,10-11,14H2,1H3,(H,29,30). The highest BCUT2D eigenvalue weighted by atomic mass is 32.1. The molecule has 1 amide bonds. The number of amides is 1. The van der Waals surface area contributed by atoms with Crippen molar-refractivity contribution in [3.8, 4) is 16.5 Å². The van der Waals surface area contributed by atoms with Crippen LogP contribution in [-0.4, -0.2) is 23.5 Å². The molecule has 0 saturated carbocycles. The number of aryl methyl sites for hydroxylation is 2. The fourth-order valence-electron chi connectivity index (χ4n) is 4.20. The van der Waals surface area contributed by atoms with Gasteiger partial charge in [-0.05, 0) is 48.6 Å². The highest BCUT2D eigenvalue weighted by molar-refractivity contribution is 7.20. The number of benzene rings is 2. The van der Waals surface area contributed by atoms with Crippen LogP contribution in [0.25, 0.3) is 21.3 Å². The van der Waals surface area contributed by atoms with Gasteiger partial charge in [-0.15, -0.1) is 11.3 Å². The number of nitrogens with one attached hydrogen (secondary N) is 1. The summed E-state index contributed by atoms with van der Waals surface area (Å²) in [4.78, 5) is 30.7. The number of carbonyl (C=O) groups is 2. The normalized spacial score (nSPS) is 11.9. The summed E-state index contributed by atoms with van der Waals surface area (Å²) in [6.07, 6.45) is 1.62. The van der Waals surface area contributed by atoms with Crippen molar-refractivity contribution in [2.45, 2.75) is 19.8 Å². The molecule has 4 aromatic rings. The number of carbonyl (C=O) groups excluding carboxylic acids is 2. The van der Waals surface area contributed by atoms with Crippen LogP contribution < -0.4 is 5.32 Å². The Morgan fingerprint density at radius 3 is 2.79 bits per heavy atom. The largest absolute Gasteiger partial charge is 0.452 e. The lowest BCUT2D eigenvalue weighted by Crippen LogP contribution is -2.21. The maximum Gasteiger partial charge on any atom is 0.339 e. The van der Waals surface area contributed by atoms with E-state index in [0.717, 1.165) is 28.8 Å². The molecule has 1 N–H and O–H groups in total. The van der Waals surface area contributed by atoms with Crippen molar-refractivity contribution < 1.29 is 14.3 Å². The molecule has 5 rings (SSSR count). The van der Waals surface area contributed by atoms with Gasteiger partial charge in [0, 0.05) is 16.0 Å². The molecular formula is C26H19N3O3S. The van der Waals surface area contributed by atoms with Gasteiger partial charge < -0.3 is 10.1 Å². The minimum atomic E-state index is -0.591. The van der Waals surface area contributed by atoms with Gasteiger partial charge in [0.25, 0.3) is 5.91 Å². The zero-order valence-electron chi connectivity index (χ0n) is 17.8. The number of pyridine rings is 1. The van der Waals surface area contributed by atoms with Crippen molar-refractivity contribution in [3.05, 3.63) is 82.5 Å². The molecule has 2 heterocycles. The minimum Gasteiger partial charge on any atom is -0.452 e. The lowest BCUT2D eigenvalue weighted by molar-refractivity contribution is -0.119. The highest BCUT2D eigenvalue weighted by Gasteiger charge is 2.25. The quantitative estimate of drug-likeness (QED) is 0.437. The van der Waals surface area contributed by atoms with E-state index in [-0.39, 0.29) is 0 Å². The first-order valence-electron chi connectivity index (χ1n) is 10.5. The average Bonchev–Trinajstić information content (AvgIpc) is 3.19. The van der Waals surface area contributed by atoms with Crippen molar-refractivity contribution in [1.29, 1.82) is 5.26 Å². The maximum atomic E-state index is 12.7. The van der Waals surface area contributed by atoms with Gasteiger partial charge in [0.2, 0.25) is 0 Å². The third-order valence-electron chi connectivity index (χ3n) is 5.68. The number of esters is 1. The second kappa shape index (κ2) is 8.49. The molecule has 1 aliphatic rings. The van der Waals surface area contributed by atoms with Gasteiger partial charge in [-0.2, -0.15) is 5.26 Å². The molecule has 0 bridgehead atoms. The van der Waals surface area contributed by atoms with Crippen LogP contribution in [0.2, 0.25) is 0 Å². The Morgan fingerprint density at radius 2 is 1.94 bits per heavy atom. The Labute approximate surface area is 194 Å². The number of aromatic nitrogens is 1. The van der Waals surface area contributed by atoms with E-state index < -0.39 is 18.5 Å². The molecule has 1 aliphatic carbocycles. The van der Waals surface area contributed by atoms with E-state index in [1.165, 1.54) is 16.9 Å². The molecule has 0 atom stereocenters. The molecule has 0 spiro atoms. The van der Waals surface area contributed by atoms with Crippen LogP contribution in [0.3, 0.4) is 0 Å². The number of ether oxygens (including phenoxy) is 1. The van der Waals surface area contributed by atoms with Crippen molar-refractivity contribution >= 4 is 39.1 Å². The molecule has 0 radical (unpaired) electrons. The number of hydrogen-bond donors (Lipinski definition) is 1. The molecule has 6 nitrogen and oxygen atoms in total. The van der Waals surface area contributed by atoms with E-state index in [0.29, 0.717) is 32.7 Å². The van der Waals surface area contributed by atoms with Gasteiger partial charge in [0.05, 0.1) is 16.6 Å². The van der Waals surface area contributed by atoms with E-state index in [1.807, 2.05) is 36.4 Å². The van der Waals surface area contributed by atoms with Crippen molar-refractivity contribution in [1.82, 2.24) is 4.98 Å². The maximum absolute atomic E-state index is 12.7. The van der Waals surface area contributed by atoms with Crippen LogP contribution in [0.1, 0.15) is 32.7 Å². The van der Waals surface area contributed by atoms with E-state index in [2.05, 4.69) is 22.4 Å². The third-order valence-corrected chi connectivity index (χ3v) is 6.86. The summed E-state index contributed by atoms with van der Waals surface area (Å²) >= 11 is 1.39. The van der Waals surface area contributed by atoms with Gasteiger partial charge >= 0.3 is 5.97 Å². The Hall–Kier alpha value is -4.02. The van der Waals surface area contributed by atoms with Crippen LogP contribution in [-0.2, 0) is 22.4 Å². The first-order valence-corrected chi connectivity index (χ1v) is 11.3. The molecule has 0 aliphatic heterocycles. The first-order chi connectivity index (χ1) is 16.0. The van der Waals surface area contributed by atoms with Gasteiger partial charge in [-0.1, -0.05) is 42.5 Å². The summed E-state index contributed by atoms with van der Waals surface area (Å²) < 4.78 is 5.30. The molecule has 33 heavy (non-hydrogen) atoms. The number of thiophene rings is 1. The molecule has 0 unspecified atom stereocenters. The number of rotatable bonds is 4. The summed E-state index contributed by atoms with van der Waals surface area (Å²) in [5, 5.41) is 13.7. The monoisotopic (exact) mass is 453 g/mol. The second-order valence-corrected chi connectivity index (χ2v) is 8.86. The van der Waals surface area contributed by atoms with Gasteiger partial charge in [-0.3, -0.25) is 9.78 Å². The average molecular weight is 454 g/mol. The minimum absolute atomic E-state index is 0.367. The summed E-state index contributed by atoms with van der Waals surface area (Å²) in [7, 11) is 0. The Balaban J connectivity index is 1.34. The second-order valence-electron chi connectivity index (χ2n) is 7.84. The fraction of sp³-hybridized carbons (Fsp3) is 0.154. The summed E-state index contributed by atoms with van der Waals surface area (Å²) in [6, 6.07) is 19.3. The van der Waals surface area contributed by atoms with Gasteiger partial charge in [0.1, 0.15) is 11.1 Å². The predicted molar refractivity (Wildman–Crippen MR) is 127 cm³/mol. The van der Waals surface area contributed by atoms with Crippen LogP contribution in [0.5, 0.6) is 0 Å². The van der Waals surface area contributed by atoms with Crippen molar-refractivity contribution in [2.24, 2.45) is 0 Å². The van der Waals surface area contributed by atoms with E-state index in [1.54, 1.807) is 19.1 Å². The Kier molecular flexibility index (Phi) is 5.37. The van der Waals surface area contributed by atoms with E-state index in [9.17, 15) is 14.9 Å². The number of nitrogens with zero attached hydrogens (tertiary/aromatic N) is 2. The summed E-state index contributed by atoms with van der Waals surface area (Å²) in [5.41, 5.74) is 5.54. The number of nitriles is 1. The number of anilines is 1. The smallest absolute Gasteiger partial charge is 0.339 e. The molecule has 2 aromatic heterocycles. The molecule has 7 heteroatoms. The number of para-hydroxylation sites is 1. The Morgan fingerprint density at radius 1 is 1.15 bits per heavy atom. The topological polar surface area (TPSA) is 92.1 Å². The van der Waals surface area contributed by atoms with Crippen molar-refractivity contribution in [3.63, 3.8) is 0 Å². The first kappa shape index (κ1) is 20.9. The highest BCUT2D eigenvalue weighted by Crippen LogP contribution is 2.44. The van der Waals surface area contributed by atoms with E-state index in [4.69, 9.17) is 4.74 Å². The summed E-state index contributed by atoms with van der Waals surface area (Å²) in [6.45, 7) is 1.36. The molecule has 162 valence electrons. The molecular weight excluding hydrogens is 434 g/mol. The predicted octanol–water partition coefficient (Wildman–Crippen LogP) is 5.04. The fourth-order valence-corrected chi connectivity index (χ4v) is 5.47. The number of fused-ring (bicyclic) bond motifs is 4. The summed E-state index contributed by atoms with van der Waals surface area (Å²) in [5.74, 6) is -1.08. The van der Waals surface area contributed by atoms with Gasteiger partial charge in [0.15, 0.2) is 6.61 Å². The number of hydrogen-bond acceptors (Lipinski definition) is 6.